The largest absolute Gasteiger partial charge is 0.396 e. The molecule has 0 aromatic heterocycles. The van der Waals surface area contributed by atoms with Crippen LogP contribution < -0.4 is 5.32 Å². The molecule has 3 nitrogen and oxygen atoms in total. The van der Waals surface area contributed by atoms with E-state index in [0.29, 0.717) is 16.5 Å². The van der Waals surface area contributed by atoms with Crippen molar-refractivity contribution in [2.75, 3.05) is 18.5 Å². The second-order valence-corrected chi connectivity index (χ2v) is 4.57. The first-order valence-corrected chi connectivity index (χ1v) is 6.09. The Balaban J connectivity index is 2.38. The normalized spacial score (nSPS) is 11.9. The first-order chi connectivity index (χ1) is 8.17. The number of hydrogen-bond acceptors (Lipinski definition) is 3. The molecule has 0 aliphatic heterocycles. The molecule has 1 atom stereocenters. The summed E-state index contributed by atoms with van der Waals surface area (Å²) in [5.74, 6) is 0.348. The van der Waals surface area contributed by atoms with Crippen LogP contribution in [0, 0.1) is 17.2 Å². The van der Waals surface area contributed by atoms with E-state index >= 15 is 0 Å². The van der Waals surface area contributed by atoms with Gasteiger partial charge in [-0.2, -0.15) is 5.26 Å². The standard InChI is InChI=1S/C13H17ClN2O/c1-10(9-17)3-2-6-16-12-5-4-11(8-15)13(14)7-12/h4-5,7,10,16-17H,2-3,6,9H2,1H3. The first-order valence-electron chi connectivity index (χ1n) is 5.71. The summed E-state index contributed by atoms with van der Waals surface area (Å²) >= 11 is 5.92. The number of aliphatic hydroxyl groups excluding tert-OH is 1. The van der Waals surface area contributed by atoms with Crippen molar-refractivity contribution in [3.63, 3.8) is 0 Å². The van der Waals surface area contributed by atoms with E-state index < -0.39 is 0 Å². The molecule has 0 saturated heterocycles. The lowest BCUT2D eigenvalue weighted by Crippen LogP contribution is -2.06. The molecule has 0 bridgehead atoms. The maximum atomic E-state index is 8.88. The Morgan fingerprint density at radius 1 is 1.53 bits per heavy atom. The molecule has 0 amide bonds. The van der Waals surface area contributed by atoms with Crippen molar-refractivity contribution in [2.45, 2.75) is 19.8 Å². The number of halogens is 1. The van der Waals surface area contributed by atoms with E-state index in [4.69, 9.17) is 22.0 Å². The number of hydrogen-bond donors (Lipinski definition) is 2. The molecule has 1 unspecified atom stereocenters. The van der Waals surface area contributed by atoms with E-state index in [-0.39, 0.29) is 6.61 Å². The molecular weight excluding hydrogens is 236 g/mol. The van der Waals surface area contributed by atoms with Crippen molar-refractivity contribution in [1.29, 1.82) is 5.26 Å². The number of anilines is 1. The van der Waals surface area contributed by atoms with Crippen LogP contribution in [0.3, 0.4) is 0 Å². The van der Waals surface area contributed by atoms with Gasteiger partial charge in [-0.25, -0.2) is 0 Å². The highest BCUT2D eigenvalue weighted by atomic mass is 35.5. The van der Waals surface area contributed by atoms with Crippen LogP contribution >= 0.6 is 11.6 Å². The Labute approximate surface area is 107 Å². The third-order valence-corrected chi connectivity index (χ3v) is 2.92. The molecule has 17 heavy (non-hydrogen) atoms. The third-order valence-electron chi connectivity index (χ3n) is 2.60. The zero-order chi connectivity index (χ0) is 12.7. The van der Waals surface area contributed by atoms with Gasteiger partial charge in [0, 0.05) is 18.8 Å². The summed E-state index contributed by atoms with van der Waals surface area (Å²) in [6.07, 6.45) is 1.99. The minimum atomic E-state index is 0.239. The minimum Gasteiger partial charge on any atom is -0.396 e. The van der Waals surface area contributed by atoms with E-state index in [0.717, 1.165) is 25.1 Å². The van der Waals surface area contributed by atoms with Crippen LogP contribution in [0.1, 0.15) is 25.3 Å². The van der Waals surface area contributed by atoms with Gasteiger partial charge >= 0.3 is 0 Å². The van der Waals surface area contributed by atoms with Crippen molar-refractivity contribution in [3.8, 4) is 6.07 Å². The lowest BCUT2D eigenvalue weighted by molar-refractivity contribution is 0.229. The predicted octanol–water partition coefficient (Wildman–Crippen LogP) is 3.03. The summed E-state index contributed by atoms with van der Waals surface area (Å²) in [5.41, 5.74) is 1.41. The molecule has 1 aromatic carbocycles. The lowest BCUT2D eigenvalue weighted by Gasteiger charge is -2.09. The molecule has 0 heterocycles. The van der Waals surface area contributed by atoms with E-state index in [1.807, 2.05) is 19.1 Å². The first kappa shape index (κ1) is 13.8. The molecule has 0 radical (unpaired) electrons. The van der Waals surface area contributed by atoms with Gasteiger partial charge in [0.25, 0.3) is 0 Å². The monoisotopic (exact) mass is 252 g/mol. The van der Waals surface area contributed by atoms with Crippen LogP contribution in [-0.2, 0) is 0 Å². The van der Waals surface area contributed by atoms with Crippen LogP contribution in [0.4, 0.5) is 5.69 Å². The molecule has 0 fully saturated rings. The van der Waals surface area contributed by atoms with Crippen molar-refractivity contribution in [3.05, 3.63) is 28.8 Å². The fourth-order valence-electron chi connectivity index (χ4n) is 1.49. The lowest BCUT2D eigenvalue weighted by atomic mass is 10.1. The SMILES string of the molecule is CC(CO)CCCNc1ccc(C#N)c(Cl)c1. The maximum Gasteiger partial charge on any atom is 0.101 e. The molecule has 0 spiro atoms. The van der Waals surface area contributed by atoms with Crippen molar-refractivity contribution in [1.82, 2.24) is 0 Å². The molecule has 0 saturated carbocycles. The summed E-state index contributed by atoms with van der Waals surface area (Å²) in [5, 5.41) is 21.3. The summed E-state index contributed by atoms with van der Waals surface area (Å²) in [7, 11) is 0. The molecule has 92 valence electrons. The Morgan fingerprint density at radius 2 is 2.29 bits per heavy atom. The quantitative estimate of drug-likeness (QED) is 0.765. The van der Waals surface area contributed by atoms with Crippen LogP contribution in [-0.4, -0.2) is 18.3 Å². The van der Waals surface area contributed by atoms with Crippen LogP contribution in [0.5, 0.6) is 0 Å². The highest BCUT2D eigenvalue weighted by Gasteiger charge is 2.01. The van der Waals surface area contributed by atoms with E-state index in [2.05, 4.69) is 5.32 Å². The van der Waals surface area contributed by atoms with Crippen molar-refractivity contribution >= 4 is 17.3 Å². The number of benzene rings is 1. The number of nitrogens with one attached hydrogen (secondary N) is 1. The van der Waals surface area contributed by atoms with Crippen molar-refractivity contribution in [2.24, 2.45) is 5.92 Å². The summed E-state index contributed by atoms with van der Waals surface area (Å²) in [6, 6.07) is 7.34. The third kappa shape index (κ3) is 4.64. The molecule has 1 aromatic rings. The van der Waals surface area contributed by atoms with E-state index in [1.54, 1.807) is 12.1 Å². The zero-order valence-corrected chi connectivity index (χ0v) is 10.7. The number of rotatable bonds is 6. The topological polar surface area (TPSA) is 56.0 Å². The fourth-order valence-corrected chi connectivity index (χ4v) is 1.71. The van der Waals surface area contributed by atoms with Gasteiger partial charge in [-0.05, 0) is 37.0 Å². The van der Waals surface area contributed by atoms with E-state index in [9.17, 15) is 0 Å². The van der Waals surface area contributed by atoms with Gasteiger partial charge in [-0.1, -0.05) is 18.5 Å². The van der Waals surface area contributed by atoms with Gasteiger partial charge in [0.2, 0.25) is 0 Å². The Kier molecular flexibility index (Phi) is 5.82. The molecular formula is C13H17ClN2O. The summed E-state index contributed by atoms with van der Waals surface area (Å²) in [6.45, 7) is 3.11. The number of aliphatic hydroxyl groups is 1. The number of nitrogens with zero attached hydrogens (tertiary/aromatic N) is 1. The Hall–Kier alpha value is -1.24. The summed E-state index contributed by atoms with van der Waals surface area (Å²) in [4.78, 5) is 0. The highest BCUT2D eigenvalue weighted by molar-refractivity contribution is 6.32. The molecule has 1 rings (SSSR count). The van der Waals surface area contributed by atoms with Crippen LogP contribution in [0.2, 0.25) is 5.02 Å². The molecule has 4 heteroatoms. The Morgan fingerprint density at radius 3 is 2.88 bits per heavy atom. The second-order valence-electron chi connectivity index (χ2n) is 4.16. The summed E-state index contributed by atoms with van der Waals surface area (Å²) < 4.78 is 0. The predicted molar refractivity (Wildman–Crippen MR) is 70.1 cm³/mol. The average Bonchev–Trinajstić information content (AvgIpc) is 2.34. The minimum absolute atomic E-state index is 0.239. The van der Waals surface area contributed by atoms with E-state index in [1.165, 1.54) is 0 Å². The van der Waals surface area contributed by atoms with Crippen LogP contribution in [0.25, 0.3) is 0 Å². The van der Waals surface area contributed by atoms with Gasteiger partial charge in [0.05, 0.1) is 10.6 Å². The molecule has 0 aliphatic carbocycles. The van der Waals surface area contributed by atoms with Gasteiger partial charge in [0.15, 0.2) is 0 Å². The van der Waals surface area contributed by atoms with Gasteiger partial charge in [-0.3, -0.25) is 0 Å². The zero-order valence-electron chi connectivity index (χ0n) is 9.91. The average molecular weight is 253 g/mol. The molecule has 0 aliphatic rings. The van der Waals surface area contributed by atoms with Gasteiger partial charge in [0.1, 0.15) is 6.07 Å². The van der Waals surface area contributed by atoms with Crippen molar-refractivity contribution < 1.29 is 5.11 Å². The second kappa shape index (κ2) is 7.16. The van der Waals surface area contributed by atoms with Gasteiger partial charge < -0.3 is 10.4 Å². The Bertz CT molecular complexity index is 401. The fraction of sp³-hybridized carbons (Fsp3) is 0.462. The highest BCUT2D eigenvalue weighted by Crippen LogP contribution is 2.20. The molecule has 2 N–H and O–H groups in total. The van der Waals surface area contributed by atoms with Crippen LogP contribution in [0.15, 0.2) is 18.2 Å². The smallest absolute Gasteiger partial charge is 0.101 e. The maximum absolute atomic E-state index is 8.88. The van der Waals surface area contributed by atoms with Gasteiger partial charge in [-0.15, -0.1) is 0 Å². The number of nitriles is 1.